The van der Waals surface area contributed by atoms with Gasteiger partial charge in [-0.05, 0) is 20.3 Å². The predicted molar refractivity (Wildman–Crippen MR) is 61.6 cm³/mol. The second kappa shape index (κ2) is 4.93. The number of hydrogen-bond donors (Lipinski definition) is 2. The summed E-state index contributed by atoms with van der Waals surface area (Å²) in [5, 5.41) is 4.35. The van der Waals surface area contributed by atoms with Crippen LogP contribution in [0.5, 0.6) is 0 Å². The standard InChI is InChI=1S/C10H19N5/c1-5-9-8(6-15(4)14-9)10(13-11)12-7(2)3/h6-7H,5,11H2,1-4H3,(H,12,13). The average Bonchev–Trinajstić information content (AvgIpc) is 2.55. The monoisotopic (exact) mass is 209 g/mol. The summed E-state index contributed by atoms with van der Waals surface area (Å²) < 4.78 is 1.78. The van der Waals surface area contributed by atoms with Crippen molar-refractivity contribution in [3.8, 4) is 0 Å². The van der Waals surface area contributed by atoms with E-state index in [9.17, 15) is 0 Å². The Bertz CT molecular complexity index is 351. The van der Waals surface area contributed by atoms with Crippen LogP contribution in [-0.2, 0) is 13.5 Å². The summed E-state index contributed by atoms with van der Waals surface area (Å²) in [6, 6.07) is 0.209. The summed E-state index contributed by atoms with van der Waals surface area (Å²) in [6.07, 6.45) is 2.80. The number of aliphatic imine (C=N–C) groups is 1. The van der Waals surface area contributed by atoms with Crippen molar-refractivity contribution < 1.29 is 0 Å². The number of nitrogens with two attached hydrogens (primary N) is 1. The Morgan fingerprint density at radius 2 is 2.33 bits per heavy atom. The average molecular weight is 209 g/mol. The summed E-state index contributed by atoms with van der Waals surface area (Å²) in [5.41, 5.74) is 4.63. The first kappa shape index (κ1) is 11.7. The smallest absolute Gasteiger partial charge is 0.146 e. The van der Waals surface area contributed by atoms with E-state index < -0.39 is 0 Å². The lowest BCUT2D eigenvalue weighted by Crippen LogP contribution is -2.32. The number of hydrazine groups is 1. The van der Waals surface area contributed by atoms with Crippen LogP contribution in [0.4, 0.5) is 0 Å². The van der Waals surface area contributed by atoms with Crippen LogP contribution in [0.3, 0.4) is 0 Å². The molecule has 5 heteroatoms. The molecule has 5 nitrogen and oxygen atoms in total. The first-order chi connectivity index (χ1) is 7.08. The third kappa shape index (κ3) is 2.79. The van der Waals surface area contributed by atoms with Crippen molar-refractivity contribution in [3.63, 3.8) is 0 Å². The molecule has 1 rings (SSSR count). The SMILES string of the molecule is CCc1nn(C)cc1C(=NC(C)C)NN. The van der Waals surface area contributed by atoms with E-state index in [1.54, 1.807) is 4.68 Å². The summed E-state index contributed by atoms with van der Waals surface area (Å²) >= 11 is 0. The Balaban J connectivity index is 3.11. The number of aryl methyl sites for hydroxylation is 2. The molecule has 0 aliphatic carbocycles. The van der Waals surface area contributed by atoms with Crippen LogP contribution in [-0.4, -0.2) is 21.7 Å². The molecule has 0 atom stereocenters. The van der Waals surface area contributed by atoms with Gasteiger partial charge in [0.25, 0.3) is 0 Å². The van der Waals surface area contributed by atoms with Gasteiger partial charge in [0.15, 0.2) is 0 Å². The molecule has 0 saturated carbocycles. The molecule has 3 N–H and O–H groups in total. The van der Waals surface area contributed by atoms with Gasteiger partial charge in [-0.15, -0.1) is 0 Å². The highest BCUT2D eigenvalue weighted by molar-refractivity contribution is 5.99. The molecule has 0 bridgehead atoms. The normalized spacial score (nSPS) is 12.3. The number of amidine groups is 1. The summed E-state index contributed by atoms with van der Waals surface area (Å²) in [7, 11) is 1.90. The molecule has 0 saturated heterocycles. The Morgan fingerprint density at radius 1 is 1.67 bits per heavy atom. The van der Waals surface area contributed by atoms with Crippen LogP contribution >= 0.6 is 0 Å². The first-order valence-electron chi connectivity index (χ1n) is 5.15. The maximum absolute atomic E-state index is 5.47. The van der Waals surface area contributed by atoms with Crippen molar-refractivity contribution in [2.75, 3.05) is 0 Å². The minimum absolute atomic E-state index is 0.209. The number of nitrogens with one attached hydrogen (secondary N) is 1. The van der Waals surface area contributed by atoms with E-state index in [-0.39, 0.29) is 6.04 Å². The van der Waals surface area contributed by atoms with E-state index in [1.165, 1.54) is 0 Å². The fraction of sp³-hybridized carbons (Fsp3) is 0.600. The molecular formula is C10H19N5. The number of rotatable bonds is 3. The molecule has 0 radical (unpaired) electrons. The van der Waals surface area contributed by atoms with Gasteiger partial charge in [0.2, 0.25) is 0 Å². The minimum atomic E-state index is 0.209. The second-order valence-electron chi connectivity index (χ2n) is 3.73. The maximum atomic E-state index is 5.47. The molecular weight excluding hydrogens is 190 g/mol. The summed E-state index contributed by atoms with van der Waals surface area (Å²) in [6.45, 7) is 6.09. The molecule has 0 unspecified atom stereocenters. The quantitative estimate of drug-likeness (QED) is 0.331. The van der Waals surface area contributed by atoms with Crippen molar-refractivity contribution in [1.29, 1.82) is 0 Å². The van der Waals surface area contributed by atoms with Crippen LogP contribution in [0.15, 0.2) is 11.2 Å². The molecule has 1 aromatic heterocycles. The zero-order valence-electron chi connectivity index (χ0n) is 9.78. The molecule has 84 valence electrons. The van der Waals surface area contributed by atoms with Crippen molar-refractivity contribution in [3.05, 3.63) is 17.5 Å². The van der Waals surface area contributed by atoms with Gasteiger partial charge in [-0.3, -0.25) is 9.67 Å². The van der Waals surface area contributed by atoms with Gasteiger partial charge >= 0.3 is 0 Å². The van der Waals surface area contributed by atoms with Crippen LogP contribution in [0.25, 0.3) is 0 Å². The third-order valence-electron chi connectivity index (χ3n) is 2.02. The lowest BCUT2D eigenvalue weighted by Gasteiger charge is -2.06. The molecule has 0 fully saturated rings. The van der Waals surface area contributed by atoms with Crippen molar-refractivity contribution in [2.45, 2.75) is 33.2 Å². The minimum Gasteiger partial charge on any atom is -0.308 e. The molecule has 0 aromatic carbocycles. The third-order valence-corrected chi connectivity index (χ3v) is 2.02. The van der Waals surface area contributed by atoms with Crippen LogP contribution in [0, 0.1) is 0 Å². The van der Waals surface area contributed by atoms with Gasteiger partial charge in [-0.25, -0.2) is 5.84 Å². The predicted octanol–water partition coefficient (Wildman–Crippen LogP) is 0.601. The zero-order valence-corrected chi connectivity index (χ0v) is 9.78. The van der Waals surface area contributed by atoms with E-state index in [1.807, 2.05) is 27.1 Å². The summed E-state index contributed by atoms with van der Waals surface area (Å²) in [5.74, 6) is 6.17. The number of nitrogens with zero attached hydrogens (tertiary/aromatic N) is 3. The Labute approximate surface area is 90.3 Å². The Kier molecular flexibility index (Phi) is 3.85. The Hall–Kier alpha value is -1.36. The molecule has 0 aliphatic rings. The molecule has 0 spiro atoms. The van der Waals surface area contributed by atoms with Gasteiger partial charge in [-0.1, -0.05) is 6.92 Å². The first-order valence-corrected chi connectivity index (χ1v) is 5.15. The van der Waals surface area contributed by atoms with Crippen LogP contribution in [0.1, 0.15) is 32.0 Å². The molecule has 15 heavy (non-hydrogen) atoms. The number of hydrogen-bond acceptors (Lipinski definition) is 3. The van der Waals surface area contributed by atoms with Gasteiger partial charge in [-0.2, -0.15) is 5.10 Å². The van der Waals surface area contributed by atoms with Crippen LogP contribution in [0.2, 0.25) is 0 Å². The van der Waals surface area contributed by atoms with Gasteiger partial charge in [0.1, 0.15) is 5.84 Å². The number of aromatic nitrogens is 2. The summed E-state index contributed by atoms with van der Waals surface area (Å²) in [4.78, 5) is 4.41. The van der Waals surface area contributed by atoms with Crippen LogP contribution < -0.4 is 11.3 Å². The van der Waals surface area contributed by atoms with E-state index >= 15 is 0 Å². The second-order valence-corrected chi connectivity index (χ2v) is 3.73. The van der Waals surface area contributed by atoms with Crippen molar-refractivity contribution in [2.24, 2.45) is 17.9 Å². The molecule has 1 heterocycles. The topological polar surface area (TPSA) is 68.2 Å². The lowest BCUT2D eigenvalue weighted by atomic mass is 10.2. The van der Waals surface area contributed by atoms with E-state index in [4.69, 9.17) is 5.84 Å². The molecule has 0 amide bonds. The highest BCUT2D eigenvalue weighted by atomic mass is 15.3. The van der Waals surface area contributed by atoms with E-state index in [2.05, 4.69) is 22.4 Å². The van der Waals surface area contributed by atoms with Crippen molar-refractivity contribution in [1.82, 2.24) is 15.2 Å². The van der Waals surface area contributed by atoms with E-state index in [0.29, 0.717) is 5.84 Å². The maximum Gasteiger partial charge on any atom is 0.146 e. The van der Waals surface area contributed by atoms with E-state index in [0.717, 1.165) is 17.7 Å². The highest BCUT2D eigenvalue weighted by Crippen LogP contribution is 2.08. The lowest BCUT2D eigenvalue weighted by molar-refractivity contribution is 0.746. The Morgan fingerprint density at radius 3 is 2.80 bits per heavy atom. The fourth-order valence-corrected chi connectivity index (χ4v) is 1.44. The van der Waals surface area contributed by atoms with Crippen molar-refractivity contribution >= 4 is 5.84 Å². The zero-order chi connectivity index (χ0) is 11.4. The highest BCUT2D eigenvalue weighted by Gasteiger charge is 2.11. The molecule has 0 aliphatic heterocycles. The van der Waals surface area contributed by atoms with Gasteiger partial charge < -0.3 is 5.43 Å². The largest absolute Gasteiger partial charge is 0.308 e. The van der Waals surface area contributed by atoms with Gasteiger partial charge in [0, 0.05) is 19.3 Å². The molecule has 1 aromatic rings. The van der Waals surface area contributed by atoms with Gasteiger partial charge in [0.05, 0.1) is 11.3 Å². The fourth-order valence-electron chi connectivity index (χ4n) is 1.44.